The first-order chi connectivity index (χ1) is 10.7. The number of hydrogen-bond donors (Lipinski definition) is 2. The fourth-order valence-electron chi connectivity index (χ4n) is 1.68. The molecule has 0 radical (unpaired) electrons. The molecule has 0 atom stereocenters. The fraction of sp³-hybridized carbons (Fsp3) is 0.0625. The summed E-state index contributed by atoms with van der Waals surface area (Å²) in [7, 11) is 0. The molecule has 0 aliphatic heterocycles. The molecule has 0 aliphatic carbocycles. The monoisotopic (exact) mass is 292 g/mol. The molecule has 1 aromatic heterocycles. The topological polar surface area (TPSA) is 102 Å². The minimum atomic E-state index is -0.527. The Balaban J connectivity index is 2.03. The number of benzene rings is 1. The van der Waals surface area contributed by atoms with Gasteiger partial charge in [0.25, 0.3) is 5.91 Å². The highest BCUT2D eigenvalue weighted by Crippen LogP contribution is 2.13. The van der Waals surface area contributed by atoms with Gasteiger partial charge in [-0.15, -0.1) is 0 Å². The molecular weight excluding hydrogens is 280 g/mol. The Morgan fingerprint density at radius 1 is 1.23 bits per heavy atom. The standard InChI is InChI=1S/C16H12N4O2/c17-8-12-4-1-2-6-15(12)19-10-13(9-18)16(21)20-11-14-5-3-7-22-14/h1-7,10,19H,11H2,(H,20,21)/b13-10-. The summed E-state index contributed by atoms with van der Waals surface area (Å²) in [5.74, 6) is 0.0641. The molecule has 0 bridgehead atoms. The zero-order chi connectivity index (χ0) is 15.8. The summed E-state index contributed by atoms with van der Waals surface area (Å²) < 4.78 is 5.09. The minimum Gasteiger partial charge on any atom is -0.467 e. The summed E-state index contributed by atoms with van der Waals surface area (Å²) in [6, 6.07) is 14.1. The molecule has 6 nitrogen and oxygen atoms in total. The van der Waals surface area contributed by atoms with Crippen molar-refractivity contribution in [3.05, 3.63) is 65.8 Å². The van der Waals surface area contributed by atoms with Crippen molar-refractivity contribution < 1.29 is 9.21 Å². The summed E-state index contributed by atoms with van der Waals surface area (Å²) >= 11 is 0. The van der Waals surface area contributed by atoms with Crippen molar-refractivity contribution in [1.29, 1.82) is 10.5 Å². The molecule has 0 fully saturated rings. The van der Waals surface area contributed by atoms with Gasteiger partial charge in [0.1, 0.15) is 23.5 Å². The highest BCUT2D eigenvalue weighted by atomic mass is 16.3. The van der Waals surface area contributed by atoms with Crippen LogP contribution in [-0.4, -0.2) is 5.91 Å². The lowest BCUT2D eigenvalue weighted by Gasteiger charge is -2.05. The Labute approximate surface area is 127 Å². The Kier molecular flexibility index (Phi) is 4.95. The van der Waals surface area contributed by atoms with Crippen molar-refractivity contribution in [2.75, 3.05) is 5.32 Å². The van der Waals surface area contributed by atoms with Crippen LogP contribution in [0.1, 0.15) is 11.3 Å². The van der Waals surface area contributed by atoms with Crippen LogP contribution in [0.15, 0.2) is 58.9 Å². The van der Waals surface area contributed by atoms with E-state index in [-0.39, 0.29) is 12.1 Å². The van der Waals surface area contributed by atoms with Gasteiger partial charge in [0.15, 0.2) is 0 Å². The number of amides is 1. The molecule has 2 rings (SSSR count). The summed E-state index contributed by atoms with van der Waals surface area (Å²) in [5, 5.41) is 23.4. The molecule has 0 saturated heterocycles. The van der Waals surface area contributed by atoms with Crippen molar-refractivity contribution in [2.45, 2.75) is 6.54 Å². The van der Waals surface area contributed by atoms with Gasteiger partial charge in [-0.1, -0.05) is 12.1 Å². The number of nitriles is 2. The van der Waals surface area contributed by atoms with Crippen molar-refractivity contribution >= 4 is 11.6 Å². The molecule has 22 heavy (non-hydrogen) atoms. The van der Waals surface area contributed by atoms with Crippen LogP contribution in [0.4, 0.5) is 5.69 Å². The zero-order valence-electron chi connectivity index (χ0n) is 11.5. The lowest BCUT2D eigenvalue weighted by Crippen LogP contribution is -2.24. The number of furan rings is 1. The number of nitrogens with one attached hydrogen (secondary N) is 2. The fourth-order valence-corrected chi connectivity index (χ4v) is 1.68. The van der Waals surface area contributed by atoms with E-state index in [2.05, 4.69) is 10.6 Å². The third kappa shape index (κ3) is 3.75. The first kappa shape index (κ1) is 14.9. The highest BCUT2D eigenvalue weighted by molar-refractivity contribution is 5.97. The molecule has 1 amide bonds. The van der Waals surface area contributed by atoms with Crippen molar-refractivity contribution in [3.63, 3.8) is 0 Å². The van der Waals surface area contributed by atoms with Crippen LogP contribution in [-0.2, 0) is 11.3 Å². The minimum absolute atomic E-state index is 0.0979. The Hall–Kier alpha value is -3.51. The van der Waals surface area contributed by atoms with Gasteiger partial charge in [-0.2, -0.15) is 10.5 Å². The number of rotatable bonds is 5. The summed E-state index contributed by atoms with van der Waals surface area (Å²) in [6.07, 6.45) is 2.77. The smallest absolute Gasteiger partial charge is 0.263 e. The average molecular weight is 292 g/mol. The number of carbonyl (C=O) groups is 1. The van der Waals surface area contributed by atoms with Crippen LogP contribution in [0.25, 0.3) is 0 Å². The number of para-hydroxylation sites is 1. The molecule has 1 heterocycles. The van der Waals surface area contributed by atoms with Crippen molar-refractivity contribution in [2.24, 2.45) is 0 Å². The van der Waals surface area contributed by atoms with E-state index in [4.69, 9.17) is 14.9 Å². The van der Waals surface area contributed by atoms with Crippen molar-refractivity contribution in [3.8, 4) is 12.1 Å². The normalized spacial score (nSPS) is 10.4. The first-order valence-electron chi connectivity index (χ1n) is 6.41. The van der Waals surface area contributed by atoms with E-state index < -0.39 is 5.91 Å². The predicted octanol–water partition coefficient (Wildman–Crippen LogP) is 2.29. The van der Waals surface area contributed by atoms with Crippen LogP contribution in [0.3, 0.4) is 0 Å². The summed E-state index contributed by atoms with van der Waals surface area (Å²) in [4.78, 5) is 11.9. The van der Waals surface area contributed by atoms with Crippen LogP contribution in [0.2, 0.25) is 0 Å². The van der Waals surface area contributed by atoms with Gasteiger partial charge >= 0.3 is 0 Å². The van der Waals surface area contributed by atoms with E-state index in [0.717, 1.165) is 0 Å². The van der Waals surface area contributed by atoms with Crippen molar-refractivity contribution in [1.82, 2.24) is 5.32 Å². The van der Waals surface area contributed by atoms with Gasteiger partial charge in [0.05, 0.1) is 24.1 Å². The SMILES string of the molecule is N#C/C(=C/Nc1ccccc1C#N)C(=O)NCc1ccco1. The second-order valence-electron chi connectivity index (χ2n) is 4.23. The number of nitrogens with zero attached hydrogens (tertiary/aromatic N) is 2. The molecule has 0 aliphatic rings. The van der Waals surface area contributed by atoms with E-state index in [9.17, 15) is 4.79 Å². The Morgan fingerprint density at radius 2 is 2.05 bits per heavy atom. The maximum atomic E-state index is 11.9. The van der Waals surface area contributed by atoms with Crippen LogP contribution in [0, 0.1) is 22.7 Å². The molecule has 2 aromatic rings. The average Bonchev–Trinajstić information content (AvgIpc) is 3.07. The quantitative estimate of drug-likeness (QED) is 0.650. The summed E-state index contributed by atoms with van der Waals surface area (Å²) in [6.45, 7) is 0.194. The van der Waals surface area contributed by atoms with Gasteiger partial charge in [0, 0.05) is 6.20 Å². The number of anilines is 1. The van der Waals surface area contributed by atoms with Gasteiger partial charge in [0.2, 0.25) is 0 Å². The van der Waals surface area contributed by atoms with E-state index in [0.29, 0.717) is 17.0 Å². The van der Waals surface area contributed by atoms with E-state index in [1.54, 1.807) is 36.4 Å². The number of carbonyl (C=O) groups excluding carboxylic acids is 1. The lowest BCUT2D eigenvalue weighted by molar-refractivity contribution is -0.117. The molecule has 0 saturated carbocycles. The number of hydrogen-bond acceptors (Lipinski definition) is 5. The van der Waals surface area contributed by atoms with Crippen LogP contribution >= 0.6 is 0 Å². The molecule has 1 aromatic carbocycles. The second kappa shape index (κ2) is 7.32. The summed E-state index contributed by atoms with van der Waals surface area (Å²) in [5.41, 5.74) is 0.850. The molecule has 0 spiro atoms. The lowest BCUT2D eigenvalue weighted by atomic mass is 10.2. The molecule has 108 valence electrons. The maximum Gasteiger partial charge on any atom is 0.263 e. The van der Waals surface area contributed by atoms with E-state index in [1.165, 1.54) is 12.5 Å². The molecular formula is C16H12N4O2. The molecule has 0 unspecified atom stereocenters. The van der Waals surface area contributed by atoms with Crippen LogP contribution < -0.4 is 10.6 Å². The van der Waals surface area contributed by atoms with Gasteiger partial charge in [-0.3, -0.25) is 4.79 Å². The second-order valence-corrected chi connectivity index (χ2v) is 4.23. The van der Waals surface area contributed by atoms with E-state index in [1.807, 2.05) is 12.1 Å². The van der Waals surface area contributed by atoms with Gasteiger partial charge in [-0.25, -0.2) is 0 Å². The third-order valence-electron chi connectivity index (χ3n) is 2.79. The maximum absolute atomic E-state index is 11.9. The third-order valence-corrected chi connectivity index (χ3v) is 2.79. The van der Waals surface area contributed by atoms with E-state index >= 15 is 0 Å². The Morgan fingerprint density at radius 3 is 2.73 bits per heavy atom. The highest BCUT2D eigenvalue weighted by Gasteiger charge is 2.09. The largest absolute Gasteiger partial charge is 0.467 e. The molecule has 6 heteroatoms. The van der Waals surface area contributed by atoms with Gasteiger partial charge in [-0.05, 0) is 24.3 Å². The first-order valence-corrected chi connectivity index (χ1v) is 6.41. The molecule has 2 N–H and O–H groups in total. The Bertz CT molecular complexity index is 764. The van der Waals surface area contributed by atoms with Crippen LogP contribution in [0.5, 0.6) is 0 Å². The zero-order valence-corrected chi connectivity index (χ0v) is 11.5. The van der Waals surface area contributed by atoms with Gasteiger partial charge < -0.3 is 15.1 Å². The predicted molar refractivity (Wildman–Crippen MR) is 79.0 cm³/mol.